The molecule has 0 amide bonds. The van der Waals surface area contributed by atoms with Crippen molar-refractivity contribution in [1.29, 1.82) is 0 Å². The molecule has 0 saturated carbocycles. The van der Waals surface area contributed by atoms with Crippen LogP contribution in [0.4, 0.5) is 5.69 Å². The van der Waals surface area contributed by atoms with E-state index in [9.17, 15) is 8.42 Å². The topological polar surface area (TPSA) is 46.2 Å². The Kier molecular flexibility index (Phi) is 3.16. The minimum Gasteiger partial charge on any atom is -0.388 e. The van der Waals surface area contributed by atoms with Crippen LogP contribution in [0.3, 0.4) is 0 Å². The average molecular weight is 215 g/mol. The lowest BCUT2D eigenvalue weighted by atomic mass is 10.3. The summed E-state index contributed by atoms with van der Waals surface area (Å²) in [4.78, 5) is 0.381. The first-order valence-corrected chi connectivity index (χ1v) is 6.05. The van der Waals surface area contributed by atoms with Crippen molar-refractivity contribution in [1.82, 2.24) is 0 Å². The Morgan fingerprint density at radius 3 is 2.07 bits per heavy atom. The van der Waals surface area contributed by atoms with Gasteiger partial charge in [0.25, 0.3) is 0 Å². The smallest absolute Gasteiger partial charge is 0.180 e. The fourth-order valence-electron chi connectivity index (χ4n) is 1.08. The summed E-state index contributed by atoms with van der Waals surface area (Å²) < 4.78 is 23.4. The van der Waals surface area contributed by atoms with E-state index in [1.165, 1.54) is 0 Å². The molecule has 1 aromatic carbocycles. The standard InChI is InChI=1S/C10H15NO2S.H2/c1-8(2)14(12,13)10-6-4-9(11-3)5-7-10;/h4-8,11H,1-3H3;1H. The summed E-state index contributed by atoms with van der Waals surface area (Å²) in [6.45, 7) is 3.36. The summed E-state index contributed by atoms with van der Waals surface area (Å²) in [6.07, 6.45) is 0. The molecule has 0 aliphatic carbocycles. The SMILES string of the molecule is CNc1ccc(S(=O)(=O)C(C)C)cc1.[HH]. The van der Waals surface area contributed by atoms with Gasteiger partial charge in [0.1, 0.15) is 0 Å². The molecule has 80 valence electrons. The summed E-state index contributed by atoms with van der Waals surface area (Å²) in [5, 5.41) is 2.57. The lowest BCUT2D eigenvalue weighted by Crippen LogP contribution is -2.13. The zero-order valence-electron chi connectivity index (χ0n) is 8.61. The maximum atomic E-state index is 11.7. The van der Waals surface area contributed by atoms with Crippen LogP contribution < -0.4 is 5.32 Å². The van der Waals surface area contributed by atoms with Crippen LogP contribution in [0.2, 0.25) is 0 Å². The van der Waals surface area contributed by atoms with Crippen molar-refractivity contribution < 1.29 is 9.84 Å². The Labute approximate surface area is 86.6 Å². The van der Waals surface area contributed by atoms with E-state index in [1.807, 2.05) is 0 Å². The molecule has 14 heavy (non-hydrogen) atoms. The van der Waals surface area contributed by atoms with Crippen LogP contribution in [0, 0.1) is 0 Å². The molecule has 0 radical (unpaired) electrons. The Balaban J connectivity index is 0.00000196. The Bertz CT molecular complexity index is 398. The average Bonchev–Trinajstić information content (AvgIpc) is 2.17. The Morgan fingerprint density at radius 2 is 1.71 bits per heavy atom. The number of hydrogen-bond donors (Lipinski definition) is 1. The molecule has 4 heteroatoms. The third-order valence-electron chi connectivity index (χ3n) is 2.09. The molecule has 0 fully saturated rings. The lowest BCUT2D eigenvalue weighted by Gasteiger charge is -2.08. The largest absolute Gasteiger partial charge is 0.388 e. The third kappa shape index (κ3) is 2.07. The van der Waals surface area contributed by atoms with Crippen LogP contribution in [0.5, 0.6) is 0 Å². The highest BCUT2D eigenvalue weighted by Gasteiger charge is 2.18. The summed E-state index contributed by atoms with van der Waals surface area (Å²) in [7, 11) is -1.33. The first-order valence-electron chi connectivity index (χ1n) is 4.50. The summed E-state index contributed by atoms with van der Waals surface area (Å²) >= 11 is 0. The van der Waals surface area contributed by atoms with Gasteiger partial charge in [0.15, 0.2) is 9.84 Å². The van der Waals surface area contributed by atoms with Crippen molar-refractivity contribution in [3.63, 3.8) is 0 Å². The van der Waals surface area contributed by atoms with Crippen LogP contribution in [0.15, 0.2) is 29.2 Å². The van der Waals surface area contributed by atoms with E-state index in [2.05, 4.69) is 5.32 Å². The number of sulfone groups is 1. The maximum absolute atomic E-state index is 11.7. The quantitative estimate of drug-likeness (QED) is 0.840. The van der Waals surface area contributed by atoms with E-state index >= 15 is 0 Å². The van der Waals surface area contributed by atoms with Gasteiger partial charge in [-0.1, -0.05) is 0 Å². The molecular formula is C10H17NO2S. The van der Waals surface area contributed by atoms with Crippen LogP contribution in [-0.2, 0) is 9.84 Å². The predicted octanol–water partition coefficient (Wildman–Crippen LogP) is 2.16. The molecule has 1 rings (SSSR count). The molecule has 0 aliphatic heterocycles. The highest BCUT2D eigenvalue weighted by Crippen LogP contribution is 2.17. The van der Waals surface area contributed by atoms with Crippen LogP contribution in [0.1, 0.15) is 15.3 Å². The van der Waals surface area contributed by atoms with Crippen molar-refractivity contribution in [2.45, 2.75) is 24.0 Å². The molecule has 0 bridgehead atoms. The first kappa shape index (κ1) is 11.0. The van der Waals surface area contributed by atoms with E-state index in [-0.39, 0.29) is 6.68 Å². The minimum atomic E-state index is -3.13. The van der Waals surface area contributed by atoms with Gasteiger partial charge in [-0.15, -0.1) is 0 Å². The van der Waals surface area contributed by atoms with Gasteiger partial charge in [-0.05, 0) is 38.1 Å². The maximum Gasteiger partial charge on any atom is 0.180 e. The predicted molar refractivity (Wildman–Crippen MR) is 60.4 cm³/mol. The van der Waals surface area contributed by atoms with E-state index in [0.717, 1.165) is 5.69 Å². The minimum absolute atomic E-state index is 0. The molecule has 0 aliphatic rings. The number of benzene rings is 1. The summed E-state index contributed by atoms with van der Waals surface area (Å²) in [5.41, 5.74) is 0.910. The third-order valence-corrected chi connectivity index (χ3v) is 4.26. The van der Waals surface area contributed by atoms with Crippen LogP contribution >= 0.6 is 0 Å². The van der Waals surface area contributed by atoms with Gasteiger partial charge in [-0.3, -0.25) is 0 Å². The lowest BCUT2D eigenvalue weighted by molar-refractivity contribution is 0.587. The zero-order chi connectivity index (χ0) is 10.8. The van der Waals surface area contributed by atoms with Crippen LogP contribution in [0.25, 0.3) is 0 Å². The number of rotatable bonds is 3. The van der Waals surface area contributed by atoms with Crippen molar-refractivity contribution in [2.24, 2.45) is 0 Å². The van der Waals surface area contributed by atoms with Crippen molar-refractivity contribution in [3.8, 4) is 0 Å². The molecule has 0 saturated heterocycles. The summed E-state index contributed by atoms with van der Waals surface area (Å²) in [5.74, 6) is 0. The van der Waals surface area contributed by atoms with Gasteiger partial charge in [-0.2, -0.15) is 0 Å². The second kappa shape index (κ2) is 4.00. The highest BCUT2D eigenvalue weighted by molar-refractivity contribution is 7.92. The fourth-order valence-corrected chi connectivity index (χ4v) is 2.14. The van der Waals surface area contributed by atoms with E-state index in [1.54, 1.807) is 45.2 Å². The Morgan fingerprint density at radius 1 is 1.21 bits per heavy atom. The van der Waals surface area contributed by atoms with Gasteiger partial charge >= 0.3 is 0 Å². The van der Waals surface area contributed by atoms with Crippen LogP contribution in [-0.4, -0.2) is 20.7 Å². The molecule has 1 N–H and O–H groups in total. The van der Waals surface area contributed by atoms with Crippen molar-refractivity contribution >= 4 is 15.5 Å². The highest BCUT2D eigenvalue weighted by atomic mass is 32.2. The van der Waals surface area contributed by atoms with Crippen molar-refractivity contribution in [2.75, 3.05) is 12.4 Å². The van der Waals surface area contributed by atoms with Gasteiger partial charge in [0, 0.05) is 14.2 Å². The monoisotopic (exact) mass is 215 g/mol. The molecule has 0 spiro atoms. The van der Waals surface area contributed by atoms with Gasteiger partial charge in [0.05, 0.1) is 10.1 Å². The Hall–Kier alpha value is -1.03. The molecule has 0 atom stereocenters. The van der Waals surface area contributed by atoms with Crippen molar-refractivity contribution in [3.05, 3.63) is 24.3 Å². The van der Waals surface area contributed by atoms with E-state index in [4.69, 9.17) is 0 Å². The molecular weight excluding hydrogens is 198 g/mol. The van der Waals surface area contributed by atoms with E-state index < -0.39 is 9.84 Å². The zero-order valence-corrected chi connectivity index (χ0v) is 9.43. The molecule has 0 heterocycles. The molecule has 3 nitrogen and oxygen atoms in total. The molecule has 1 aromatic rings. The van der Waals surface area contributed by atoms with Gasteiger partial charge in [0.2, 0.25) is 0 Å². The van der Waals surface area contributed by atoms with Gasteiger partial charge in [-0.25, -0.2) is 8.42 Å². The number of anilines is 1. The fraction of sp³-hybridized carbons (Fsp3) is 0.400. The molecule has 0 unspecified atom stereocenters. The first-order chi connectivity index (χ1) is 6.48. The second-order valence-corrected chi connectivity index (χ2v) is 5.87. The normalized spacial score (nSPS) is 11.7. The second-order valence-electron chi connectivity index (χ2n) is 3.37. The summed E-state index contributed by atoms with van der Waals surface area (Å²) in [6, 6.07) is 6.77. The van der Waals surface area contributed by atoms with E-state index in [0.29, 0.717) is 4.90 Å². The van der Waals surface area contributed by atoms with Gasteiger partial charge < -0.3 is 5.32 Å². The molecule has 0 aromatic heterocycles. The number of nitrogens with one attached hydrogen (secondary N) is 1. The number of hydrogen-bond acceptors (Lipinski definition) is 3.